The minimum absolute atomic E-state index is 0.0835. The summed E-state index contributed by atoms with van der Waals surface area (Å²) >= 11 is 0. The van der Waals surface area contributed by atoms with Crippen LogP contribution in [-0.4, -0.2) is 0 Å². The summed E-state index contributed by atoms with van der Waals surface area (Å²) in [5, 5.41) is 9.21. The van der Waals surface area contributed by atoms with Gasteiger partial charge in [-0.05, 0) is 104 Å². The molecule has 0 amide bonds. The summed E-state index contributed by atoms with van der Waals surface area (Å²) in [6, 6.07) is 65.3. The van der Waals surface area contributed by atoms with Gasteiger partial charge in [-0.1, -0.05) is 166 Å². The Balaban J connectivity index is 1.13. The quantitative estimate of drug-likeness (QED) is 0.167. The molecule has 2 aliphatic rings. The summed E-state index contributed by atoms with van der Waals surface area (Å²) < 4.78 is 14.3. The van der Waals surface area contributed by atoms with Gasteiger partial charge in [-0.3, -0.25) is 0 Å². The van der Waals surface area contributed by atoms with Crippen molar-refractivity contribution in [1.29, 1.82) is 0 Å². The van der Waals surface area contributed by atoms with Crippen LogP contribution in [0.15, 0.2) is 208 Å². The standard InChI is InChI=1S/C57H41NO2/c1-57(2)47-29-14-12-27-46(47)54-48(57)30-17-32-50(54)58(36-18-4-3-5-19-36)49-31-15-13-25-42(49)45-28-16-33-51-55(45)59-52-35-34-44-41-24-9-8-22-39(41)37-20-6-7-21-38(37)40-23-10-11-26-43(40)53(44)56(52)60-51/h3-16,18-31,33-35H,17,32H2,1-2H3. The first-order valence-corrected chi connectivity index (χ1v) is 21.0. The minimum Gasteiger partial charge on any atom is -0.449 e. The van der Waals surface area contributed by atoms with E-state index < -0.39 is 0 Å². The second-order valence-electron chi connectivity index (χ2n) is 16.6. The first kappa shape index (κ1) is 34.7. The Labute approximate surface area is 348 Å². The van der Waals surface area contributed by atoms with Gasteiger partial charge in [0, 0.05) is 38.9 Å². The van der Waals surface area contributed by atoms with Crippen LogP contribution < -0.4 is 4.90 Å². The number of anilines is 2. The van der Waals surface area contributed by atoms with E-state index in [9.17, 15) is 0 Å². The van der Waals surface area contributed by atoms with E-state index in [1.165, 1.54) is 54.9 Å². The molecule has 0 unspecified atom stereocenters. The van der Waals surface area contributed by atoms with Gasteiger partial charge in [0.05, 0.1) is 5.69 Å². The topological polar surface area (TPSA) is 29.5 Å². The second kappa shape index (κ2) is 13.3. The van der Waals surface area contributed by atoms with Gasteiger partial charge in [0.15, 0.2) is 22.3 Å². The van der Waals surface area contributed by atoms with E-state index in [-0.39, 0.29) is 5.41 Å². The Kier molecular flexibility index (Phi) is 7.71. The first-order valence-electron chi connectivity index (χ1n) is 21.0. The molecule has 0 radical (unpaired) electrons. The number of para-hydroxylation sites is 3. The highest BCUT2D eigenvalue weighted by atomic mass is 16.4. The molecule has 0 spiro atoms. The summed E-state index contributed by atoms with van der Waals surface area (Å²) in [4.78, 5) is 2.50. The van der Waals surface area contributed by atoms with Crippen molar-refractivity contribution in [2.45, 2.75) is 32.1 Å². The van der Waals surface area contributed by atoms with Crippen LogP contribution in [0.1, 0.15) is 37.8 Å². The van der Waals surface area contributed by atoms with Crippen molar-refractivity contribution in [3.63, 3.8) is 0 Å². The van der Waals surface area contributed by atoms with Gasteiger partial charge in [-0.15, -0.1) is 0 Å². The van der Waals surface area contributed by atoms with Gasteiger partial charge in [-0.2, -0.15) is 0 Å². The van der Waals surface area contributed by atoms with Crippen LogP contribution in [0.25, 0.3) is 82.1 Å². The number of rotatable bonds is 4. The molecule has 3 nitrogen and oxygen atoms in total. The summed E-state index contributed by atoms with van der Waals surface area (Å²) in [6.45, 7) is 4.74. The van der Waals surface area contributed by atoms with E-state index in [0.717, 1.165) is 57.1 Å². The first-order chi connectivity index (χ1) is 29.6. The molecular weight excluding hydrogens is 731 g/mol. The Hall–Kier alpha value is -7.36. The molecule has 1 aromatic heterocycles. The molecule has 2 aliphatic carbocycles. The summed E-state index contributed by atoms with van der Waals surface area (Å²) in [5.74, 6) is 0. The van der Waals surface area contributed by atoms with Crippen molar-refractivity contribution in [3.05, 3.63) is 210 Å². The summed E-state index contributed by atoms with van der Waals surface area (Å²) in [7, 11) is 0. The highest BCUT2D eigenvalue weighted by Crippen LogP contribution is 2.55. The average molecular weight is 772 g/mol. The van der Waals surface area contributed by atoms with E-state index in [1.807, 2.05) is 6.07 Å². The van der Waals surface area contributed by atoms with E-state index in [2.05, 4.69) is 201 Å². The Morgan fingerprint density at radius 2 is 0.983 bits per heavy atom. The van der Waals surface area contributed by atoms with Crippen LogP contribution >= 0.6 is 0 Å². The molecule has 3 heteroatoms. The maximum Gasteiger partial charge on any atom is 0.178 e. The summed E-state index contributed by atoms with van der Waals surface area (Å²) in [5.41, 5.74) is 13.8. The number of allylic oxidation sites excluding steroid dienone is 4. The maximum atomic E-state index is 7.16. The minimum atomic E-state index is -0.0835. The van der Waals surface area contributed by atoms with Crippen LogP contribution in [0.3, 0.4) is 0 Å². The monoisotopic (exact) mass is 771 g/mol. The van der Waals surface area contributed by atoms with Crippen molar-refractivity contribution in [2.75, 3.05) is 4.90 Å². The van der Waals surface area contributed by atoms with Gasteiger partial charge in [0.2, 0.25) is 0 Å². The fourth-order valence-electron chi connectivity index (χ4n) is 10.3. The SMILES string of the molecule is CC1(C)C2=CCCC(N(c3ccccc3)c3ccccc3-c3cccc4oc5c(ccc6c7ccccc7c7ccccc7c7ccccc7c65)oc34)=C2c2ccccc21. The predicted octanol–water partition coefficient (Wildman–Crippen LogP) is 16.1. The van der Waals surface area contributed by atoms with Gasteiger partial charge in [0.1, 0.15) is 0 Å². The van der Waals surface area contributed by atoms with E-state index in [4.69, 9.17) is 8.83 Å². The average Bonchev–Trinajstić information content (AvgIpc) is 3.54. The van der Waals surface area contributed by atoms with Crippen molar-refractivity contribution < 1.29 is 8.83 Å². The van der Waals surface area contributed by atoms with Crippen molar-refractivity contribution in [2.24, 2.45) is 0 Å². The van der Waals surface area contributed by atoms with Gasteiger partial charge in [-0.25, -0.2) is 0 Å². The lowest BCUT2D eigenvalue weighted by molar-refractivity contribution is 0.585. The van der Waals surface area contributed by atoms with Crippen LogP contribution in [0.4, 0.5) is 11.4 Å². The molecule has 0 atom stereocenters. The molecule has 0 fully saturated rings. The van der Waals surface area contributed by atoms with E-state index >= 15 is 0 Å². The van der Waals surface area contributed by atoms with Crippen molar-refractivity contribution in [1.82, 2.24) is 0 Å². The van der Waals surface area contributed by atoms with Gasteiger partial charge >= 0.3 is 0 Å². The Bertz CT molecular complexity index is 3470. The van der Waals surface area contributed by atoms with Gasteiger partial charge in [0.25, 0.3) is 0 Å². The van der Waals surface area contributed by atoms with Crippen LogP contribution in [0.2, 0.25) is 0 Å². The molecule has 60 heavy (non-hydrogen) atoms. The van der Waals surface area contributed by atoms with Crippen LogP contribution in [0, 0.1) is 0 Å². The predicted molar refractivity (Wildman–Crippen MR) is 251 cm³/mol. The summed E-state index contributed by atoms with van der Waals surface area (Å²) in [6.07, 6.45) is 4.38. The van der Waals surface area contributed by atoms with Gasteiger partial charge < -0.3 is 13.7 Å². The molecule has 12 rings (SSSR count). The lowest BCUT2D eigenvalue weighted by Crippen LogP contribution is -2.22. The van der Waals surface area contributed by atoms with E-state index in [1.54, 1.807) is 0 Å². The molecule has 0 saturated heterocycles. The molecule has 0 saturated carbocycles. The number of nitrogens with zero attached hydrogens (tertiary/aromatic N) is 1. The smallest absolute Gasteiger partial charge is 0.178 e. The number of hydrogen-bond acceptors (Lipinski definition) is 3. The Morgan fingerprint density at radius 3 is 1.70 bits per heavy atom. The van der Waals surface area contributed by atoms with Crippen LogP contribution in [0.5, 0.6) is 0 Å². The van der Waals surface area contributed by atoms with Crippen molar-refractivity contribution in [3.8, 4) is 11.1 Å². The third-order valence-electron chi connectivity index (χ3n) is 13.0. The highest BCUT2D eigenvalue weighted by Gasteiger charge is 2.41. The molecule has 286 valence electrons. The second-order valence-corrected chi connectivity index (χ2v) is 16.6. The molecular formula is C57H41NO2. The third kappa shape index (κ3) is 5.09. The molecule has 9 aromatic carbocycles. The zero-order valence-electron chi connectivity index (χ0n) is 33.6. The molecule has 0 N–H and O–H groups in total. The highest BCUT2D eigenvalue weighted by molar-refractivity contribution is 6.29. The largest absolute Gasteiger partial charge is 0.449 e. The molecule has 1 heterocycles. The number of benzene rings is 8. The molecule has 0 bridgehead atoms. The normalized spacial score (nSPS) is 14.5. The molecule has 0 aliphatic heterocycles. The zero-order chi connectivity index (χ0) is 40.0. The maximum absolute atomic E-state index is 7.16. The fraction of sp³-hybridized carbons (Fsp3) is 0.0877. The lowest BCUT2D eigenvalue weighted by Gasteiger charge is -2.34. The fourth-order valence-corrected chi connectivity index (χ4v) is 10.3. The molecule has 10 aromatic rings. The number of fused-ring (bicyclic) bond motifs is 14. The van der Waals surface area contributed by atoms with Crippen molar-refractivity contribution >= 4 is 82.4 Å². The van der Waals surface area contributed by atoms with E-state index in [0.29, 0.717) is 16.7 Å². The van der Waals surface area contributed by atoms with Crippen LogP contribution in [-0.2, 0) is 5.41 Å². The zero-order valence-corrected chi connectivity index (χ0v) is 33.6. The number of hydrogen-bond donors (Lipinski definition) is 0. The third-order valence-corrected chi connectivity index (χ3v) is 13.0. The lowest BCUT2D eigenvalue weighted by atomic mass is 9.79. The Morgan fingerprint density at radius 1 is 0.450 bits per heavy atom.